The van der Waals surface area contributed by atoms with Gasteiger partial charge < -0.3 is 14.6 Å². The number of fused-ring (bicyclic) bond motifs is 1. The summed E-state index contributed by atoms with van der Waals surface area (Å²) in [5, 5.41) is 8.13. The number of methoxy groups -OCH3 is 2. The third kappa shape index (κ3) is 5.03. The Balaban J connectivity index is 0.000000785. The number of alkyl halides is 3. The maximum Gasteiger partial charge on any atom is 0.420 e. The molecular formula is C22H23ClF3NO4. The second-order valence-electron chi connectivity index (χ2n) is 6.52. The summed E-state index contributed by atoms with van der Waals surface area (Å²) in [5.41, 5.74) is 0.638. The molecule has 0 unspecified atom stereocenters. The van der Waals surface area contributed by atoms with E-state index in [0.717, 1.165) is 0 Å². The van der Waals surface area contributed by atoms with Gasteiger partial charge in [-0.15, -0.1) is 0 Å². The maximum absolute atomic E-state index is 13.8. The van der Waals surface area contributed by atoms with E-state index >= 15 is 0 Å². The lowest BCUT2D eigenvalue weighted by atomic mass is 10.0. The first-order valence-corrected chi connectivity index (χ1v) is 9.68. The minimum Gasteiger partial charge on any atom is -0.496 e. The lowest BCUT2D eigenvalue weighted by Gasteiger charge is -2.14. The van der Waals surface area contributed by atoms with Crippen LogP contribution in [0.3, 0.4) is 0 Å². The van der Waals surface area contributed by atoms with E-state index in [0.29, 0.717) is 28.3 Å². The van der Waals surface area contributed by atoms with E-state index in [4.69, 9.17) is 21.4 Å². The van der Waals surface area contributed by atoms with Crippen LogP contribution < -0.4 is 4.74 Å². The van der Waals surface area contributed by atoms with E-state index < -0.39 is 17.6 Å². The second-order valence-corrected chi connectivity index (χ2v) is 6.95. The number of aromatic nitrogens is 1. The average Bonchev–Trinajstić information content (AvgIpc) is 3.03. The largest absolute Gasteiger partial charge is 0.496 e. The van der Waals surface area contributed by atoms with E-state index in [2.05, 4.69) is 4.74 Å². The summed E-state index contributed by atoms with van der Waals surface area (Å²) in [4.78, 5) is 13.0. The molecule has 1 aromatic heterocycles. The predicted octanol–water partition coefficient (Wildman–Crippen LogP) is 5.46. The molecular weight excluding hydrogens is 435 g/mol. The molecule has 31 heavy (non-hydrogen) atoms. The van der Waals surface area contributed by atoms with Crippen molar-refractivity contribution in [3.8, 4) is 5.75 Å². The lowest BCUT2D eigenvalue weighted by Crippen LogP contribution is -2.14. The third-order valence-electron chi connectivity index (χ3n) is 4.74. The number of aryl methyl sites for hydroxylation is 1. The van der Waals surface area contributed by atoms with Crippen LogP contribution in [0.4, 0.5) is 13.2 Å². The first-order chi connectivity index (χ1) is 14.6. The fourth-order valence-corrected chi connectivity index (χ4v) is 3.55. The Bertz CT molecular complexity index is 1060. The fraction of sp³-hybridized carbons (Fsp3) is 0.318. The van der Waals surface area contributed by atoms with Crippen molar-refractivity contribution in [1.29, 1.82) is 0 Å². The maximum atomic E-state index is 13.8. The van der Waals surface area contributed by atoms with E-state index in [-0.39, 0.29) is 23.4 Å². The molecule has 0 saturated carbocycles. The van der Waals surface area contributed by atoms with Crippen molar-refractivity contribution in [3.05, 3.63) is 63.8 Å². The SMILES string of the molecule is CCc1c(C)n(C(=O)c2ccc(Cl)cc2)c2ccc(OC)c(C(F)(F)F)c12.COCO. The molecule has 0 aliphatic rings. The van der Waals surface area contributed by atoms with Gasteiger partial charge in [-0.2, -0.15) is 13.2 Å². The van der Waals surface area contributed by atoms with Gasteiger partial charge >= 0.3 is 6.18 Å². The molecule has 0 bridgehead atoms. The molecule has 9 heteroatoms. The molecule has 0 atom stereocenters. The van der Waals surface area contributed by atoms with Crippen molar-refractivity contribution in [2.45, 2.75) is 26.4 Å². The fourth-order valence-electron chi connectivity index (χ4n) is 3.43. The van der Waals surface area contributed by atoms with Crippen molar-refractivity contribution in [3.63, 3.8) is 0 Å². The summed E-state index contributed by atoms with van der Waals surface area (Å²) in [6, 6.07) is 8.98. The van der Waals surface area contributed by atoms with Gasteiger partial charge in [-0.05, 0) is 55.3 Å². The minimum absolute atomic E-state index is 0.00386. The quantitative estimate of drug-likeness (QED) is 0.528. The van der Waals surface area contributed by atoms with Crippen LogP contribution in [0.1, 0.15) is 34.1 Å². The van der Waals surface area contributed by atoms with Crippen molar-refractivity contribution in [2.24, 2.45) is 0 Å². The first-order valence-electron chi connectivity index (χ1n) is 9.30. The van der Waals surface area contributed by atoms with Crippen LogP contribution in [-0.2, 0) is 17.3 Å². The Morgan fingerprint density at radius 3 is 2.16 bits per heavy atom. The van der Waals surface area contributed by atoms with Gasteiger partial charge in [0.15, 0.2) is 0 Å². The number of halogens is 4. The van der Waals surface area contributed by atoms with E-state index in [1.807, 2.05) is 0 Å². The standard InChI is InChI=1S/C20H17ClF3NO2.C2H6O2/c1-4-14-11(2)25(19(26)12-5-7-13(21)8-6-12)15-9-10-16(27-3)18(17(14)15)20(22,23)24;1-4-2-3/h5-10H,4H2,1-3H3;3H,2H2,1H3. The Morgan fingerprint density at radius 1 is 1.13 bits per heavy atom. The van der Waals surface area contributed by atoms with Gasteiger partial charge in [0.1, 0.15) is 18.1 Å². The first kappa shape index (κ1) is 24.7. The number of nitrogens with zero attached hydrogens (tertiary/aromatic N) is 1. The highest BCUT2D eigenvalue weighted by Crippen LogP contribution is 2.44. The summed E-state index contributed by atoms with van der Waals surface area (Å²) in [6.07, 6.45) is -4.27. The number of rotatable bonds is 4. The number of aliphatic hydroxyl groups excluding tert-OH is 1. The Hall–Kier alpha value is -2.55. The molecule has 0 spiro atoms. The van der Waals surface area contributed by atoms with Crippen molar-refractivity contribution >= 4 is 28.4 Å². The number of ether oxygens (including phenoxy) is 2. The van der Waals surface area contributed by atoms with Gasteiger partial charge in [-0.1, -0.05) is 18.5 Å². The van der Waals surface area contributed by atoms with Gasteiger partial charge in [-0.25, -0.2) is 0 Å². The summed E-state index contributed by atoms with van der Waals surface area (Å²) in [5.74, 6) is -0.673. The summed E-state index contributed by atoms with van der Waals surface area (Å²) < 4.78 is 51.8. The zero-order valence-electron chi connectivity index (χ0n) is 17.5. The van der Waals surface area contributed by atoms with Crippen molar-refractivity contribution < 1.29 is 32.5 Å². The number of hydrogen-bond acceptors (Lipinski definition) is 4. The monoisotopic (exact) mass is 457 g/mol. The minimum atomic E-state index is -4.61. The number of aliphatic hydroxyl groups is 1. The van der Waals surface area contributed by atoms with Gasteiger partial charge in [0, 0.05) is 28.8 Å². The molecule has 1 N–H and O–H groups in total. The van der Waals surface area contributed by atoms with Crippen LogP contribution in [0.2, 0.25) is 5.02 Å². The van der Waals surface area contributed by atoms with E-state index in [9.17, 15) is 18.0 Å². The molecule has 5 nitrogen and oxygen atoms in total. The molecule has 0 fully saturated rings. The average molecular weight is 458 g/mol. The highest BCUT2D eigenvalue weighted by Gasteiger charge is 2.39. The highest BCUT2D eigenvalue weighted by atomic mass is 35.5. The van der Waals surface area contributed by atoms with Gasteiger partial charge in [0.25, 0.3) is 5.91 Å². The zero-order chi connectivity index (χ0) is 23.3. The predicted molar refractivity (Wildman–Crippen MR) is 113 cm³/mol. The Labute approximate surface area is 182 Å². The molecule has 0 aliphatic carbocycles. The summed E-state index contributed by atoms with van der Waals surface area (Å²) in [6.45, 7) is 3.23. The van der Waals surface area contributed by atoms with Crippen LogP contribution in [0.25, 0.3) is 10.9 Å². The molecule has 1 heterocycles. The van der Waals surface area contributed by atoms with Crippen molar-refractivity contribution in [1.82, 2.24) is 4.57 Å². The normalized spacial score (nSPS) is 11.3. The molecule has 3 rings (SSSR count). The molecule has 0 saturated heterocycles. The zero-order valence-corrected chi connectivity index (χ0v) is 18.3. The van der Waals surface area contributed by atoms with Crippen LogP contribution in [0.15, 0.2) is 36.4 Å². The molecule has 2 aromatic carbocycles. The van der Waals surface area contributed by atoms with Crippen LogP contribution >= 0.6 is 11.6 Å². The number of carbonyl (C=O) groups excluding carboxylic acids is 1. The molecule has 0 radical (unpaired) electrons. The summed E-state index contributed by atoms with van der Waals surface area (Å²) in [7, 11) is 2.63. The van der Waals surface area contributed by atoms with E-state index in [1.165, 1.54) is 30.9 Å². The smallest absolute Gasteiger partial charge is 0.420 e. The molecule has 0 amide bonds. The number of benzene rings is 2. The third-order valence-corrected chi connectivity index (χ3v) is 4.99. The second kappa shape index (κ2) is 10.2. The summed E-state index contributed by atoms with van der Waals surface area (Å²) >= 11 is 5.86. The van der Waals surface area contributed by atoms with Crippen molar-refractivity contribution in [2.75, 3.05) is 21.0 Å². The van der Waals surface area contributed by atoms with Gasteiger partial charge in [0.2, 0.25) is 0 Å². The van der Waals surface area contributed by atoms with Gasteiger partial charge in [0.05, 0.1) is 12.6 Å². The van der Waals surface area contributed by atoms with E-state index in [1.54, 1.807) is 38.1 Å². The molecule has 3 aromatic rings. The number of hydrogen-bond donors (Lipinski definition) is 1. The Kier molecular flexibility index (Phi) is 8.11. The van der Waals surface area contributed by atoms with Crippen LogP contribution in [-0.4, -0.2) is 36.6 Å². The topological polar surface area (TPSA) is 60.7 Å². The van der Waals surface area contributed by atoms with Crippen LogP contribution in [0, 0.1) is 6.92 Å². The van der Waals surface area contributed by atoms with Crippen LogP contribution in [0.5, 0.6) is 5.75 Å². The molecule has 168 valence electrons. The lowest BCUT2D eigenvalue weighted by molar-refractivity contribution is -0.137. The molecule has 0 aliphatic heterocycles. The number of carbonyl (C=O) groups is 1. The highest BCUT2D eigenvalue weighted by molar-refractivity contribution is 6.30. The Morgan fingerprint density at radius 2 is 1.71 bits per heavy atom. The van der Waals surface area contributed by atoms with Gasteiger partial charge in [-0.3, -0.25) is 9.36 Å².